The Hall–Kier alpha value is -2.58. The van der Waals surface area contributed by atoms with Crippen molar-refractivity contribution in [1.29, 1.82) is 0 Å². The number of hydrogen-bond donors (Lipinski definition) is 1. The van der Waals surface area contributed by atoms with Crippen molar-refractivity contribution in [3.8, 4) is 0 Å². The summed E-state index contributed by atoms with van der Waals surface area (Å²) in [6.07, 6.45) is 3.86. The van der Waals surface area contributed by atoms with Gasteiger partial charge in [0.2, 0.25) is 5.91 Å². The maximum atomic E-state index is 12.8. The van der Waals surface area contributed by atoms with Gasteiger partial charge in [-0.15, -0.1) is 6.58 Å². The molecule has 32 heavy (non-hydrogen) atoms. The highest BCUT2D eigenvalue weighted by atomic mass is 32.1. The van der Waals surface area contributed by atoms with Crippen molar-refractivity contribution in [2.75, 3.05) is 6.54 Å². The molecule has 6 nitrogen and oxygen atoms in total. The molecule has 0 saturated heterocycles. The first-order valence-corrected chi connectivity index (χ1v) is 11.8. The first-order chi connectivity index (χ1) is 15.0. The average Bonchev–Trinajstić information content (AvgIpc) is 3.02. The van der Waals surface area contributed by atoms with E-state index >= 15 is 0 Å². The van der Waals surface area contributed by atoms with Crippen LogP contribution in [0.1, 0.15) is 43.0 Å². The van der Waals surface area contributed by atoms with E-state index in [0.717, 1.165) is 6.42 Å². The minimum Gasteiger partial charge on any atom is -0.354 e. The molecule has 1 amide bonds. The largest absolute Gasteiger partial charge is 0.354 e. The second-order valence-electron chi connectivity index (χ2n) is 9.04. The Morgan fingerprint density at radius 1 is 1.28 bits per heavy atom. The third-order valence-electron chi connectivity index (χ3n) is 5.53. The van der Waals surface area contributed by atoms with Gasteiger partial charge in [-0.2, -0.15) is 0 Å². The number of aryl methyl sites for hydroxylation is 2. The molecular weight excluding hydrogens is 440 g/mol. The van der Waals surface area contributed by atoms with Crippen LogP contribution in [0.15, 0.2) is 35.9 Å². The molecule has 0 bridgehead atoms. The molecule has 0 aliphatic carbocycles. The summed E-state index contributed by atoms with van der Waals surface area (Å²) in [7, 11) is 0. The van der Waals surface area contributed by atoms with Crippen LogP contribution in [-0.4, -0.2) is 26.6 Å². The Morgan fingerprint density at radius 3 is 2.53 bits per heavy atom. The highest BCUT2D eigenvalue weighted by Crippen LogP contribution is 2.27. The summed E-state index contributed by atoms with van der Waals surface area (Å²) < 4.78 is 4.12. The lowest BCUT2D eigenvalue weighted by Gasteiger charge is -2.22. The van der Waals surface area contributed by atoms with Crippen LogP contribution >= 0.6 is 23.6 Å². The number of amides is 1. The average molecular weight is 471 g/mol. The van der Waals surface area contributed by atoms with Crippen molar-refractivity contribution >= 4 is 39.8 Å². The van der Waals surface area contributed by atoms with Gasteiger partial charge in [0, 0.05) is 13.1 Å². The van der Waals surface area contributed by atoms with Gasteiger partial charge in [0.15, 0.2) is 9.60 Å². The van der Waals surface area contributed by atoms with E-state index in [4.69, 9.17) is 12.2 Å². The summed E-state index contributed by atoms with van der Waals surface area (Å²) in [5.41, 5.74) is 5.42. The van der Waals surface area contributed by atoms with Crippen molar-refractivity contribution < 1.29 is 4.79 Å². The van der Waals surface area contributed by atoms with E-state index < -0.39 is 0 Å². The number of carbonyl (C=O) groups is 1. The minimum absolute atomic E-state index is 0.0746. The standard InChI is InChI=1S/C24H30N4O2S2/c1-7-10-28-21-20(32-23(28)31)22(30)27(14-26-21)13-19(29)25-9-8-18-15(2)11-17(12-16(18)3)24(4,5)6/h7,11-12,14H,1,8-10,13H2,2-6H3,(H,25,29). The summed E-state index contributed by atoms with van der Waals surface area (Å²) in [6.45, 7) is 15.5. The van der Waals surface area contributed by atoms with Gasteiger partial charge in [0.25, 0.3) is 5.56 Å². The number of benzene rings is 1. The van der Waals surface area contributed by atoms with Crippen LogP contribution < -0.4 is 10.9 Å². The van der Waals surface area contributed by atoms with Crippen molar-refractivity contribution in [2.45, 2.75) is 59.5 Å². The van der Waals surface area contributed by atoms with Gasteiger partial charge in [0.1, 0.15) is 17.6 Å². The lowest BCUT2D eigenvalue weighted by Crippen LogP contribution is -2.33. The van der Waals surface area contributed by atoms with Gasteiger partial charge in [-0.05, 0) is 60.2 Å². The predicted octanol–water partition coefficient (Wildman–Crippen LogP) is 4.45. The monoisotopic (exact) mass is 470 g/mol. The van der Waals surface area contributed by atoms with Crippen molar-refractivity contribution in [2.24, 2.45) is 0 Å². The molecule has 2 aromatic heterocycles. The van der Waals surface area contributed by atoms with Gasteiger partial charge in [-0.3, -0.25) is 14.2 Å². The van der Waals surface area contributed by atoms with Crippen LogP contribution in [0.5, 0.6) is 0 Å². The molecule has 8 heteroatoms. The zero-order valence-corrected chi connectivity index (χ0v) is 21.0. The van der Waals surface area contributed by atoms with Gasteiger partial charge in [-0.1, -0.05) is 50.3 Å². The summed E-state index contributed by atoms with van der Waals surface area (Å²) in [4.78, 5) is 29.6. The quantitative estimate of drug-likeness (QED) is 0.409. The molecule has 1 aromatic carbocycles. The summed E-state index contributed by atoms with van der Waals surface area (Å²) in [6, 6.07) is 4.47. The maximum Gasteiger partial charge on any atom is 0.273 e. The first-order valence-electron chi connectivity index (χ1n) is 10.6. The lowest BCUT2D eigenvalue weighted by molar-refractivity contribution is -0.121. The molecule has 1 N–H and O–H groups in total. The van der Waals surface area contributed by atoms with E-state index in [1.807, 2.05) is 0 Å². The molecule has 0 aliphatic heterocycles. The Bertz CT molecular complexity index is 1270. The fourth-order valence-corrected chi connectivity index (χ4v) is 5.05. The van der Waals surface area contributed by atoms with Crippen LogP contribution in [0.2, 0.25) is 0 Å². The number of nitrogens with one attached hydrogen (secondary N) is 1. The maximum absolute atomic E-state index is 12.8. The molecule has 0 aliphatic rings. The Balaban J connectivity index is 1.68. The Labute approximate surface area is 197 Å². The number of carbonyl (C=O) groups excluding carboxylic acids is 1. The third-order valence-corrected chi connectivity index (χ3v) is 6.95. The Kier molecular flexibility index (Phi) is 7.15. The van der Waals surface area contributed by atoms with Crippen LogP contribution in [0.3, 0.4) is 0 Å². The van der Waals surface area contributed by atoms with Gasteiger partial charge in [-0.25, -0.2) is 4.98 Å². The van der Waals surface area contributed by atoms with Crippen LogP contribution in [0.4, 0.5) is 0 Å². The van der Waals surface area contributed by atoms with Crippen molar-refractivity contribution in [1.82, 2.24) is 19.4 Å². The van der Waals surface area contributed by atoms with E-state index in [9.17, 15) is 9.59 Å². The molecule has 170 valence electrons. The zero-order valence-electron chi connectivity index (χ0n) is 19.3. The number of hydrogen-bond acceptors (Lipinski definition) is 5. The highest BCUT2D eigenvalue weighted by molar-refractivity contribution is 7.73. The first kappa shape index (κ1) is 24.1. The fourth-order valence-electron chi connectivity index (χ4n) is 3.73. The van der Waals surface area contributed by atoms with Gasteiger partial charge >= 0.3 is 0 Å². The zero-order chi connectivity index (χ0) is 23.6. The fraction of sp³-hybridized carbons (Fsp3) is 0.417. The molecule has 0 atom stereocenters. The topological polar surface area (TPSA) is 68.9 Å². The van der Waals surface area contributed by atoms with Crippen molar-refractivity contribution in [3.63, 3.8) is 0 Å². The number of thiazole rings is 1. The van der Waals surface area contributed by atoms with Gasteiger partial charge in [0.05, 0.1) is 0 Å². The number of allylic oxidation sites excluding steroid dienone is 1. The predicted molar refractivity (Wildman–Crippen MR) is 134 cm³/mol. The van der Waals surface area contributed by atoms with Crippen LogP contribution in [0, 0.1) is 17.8 Å². The summed E-state index contributed by atoms with van der Waals surface area (Å²) in [5.74, 6) is -0.219. The SMILES string of the molecule is C=CCn1c(=S)sc2c(=O)n(CC(=O)NCCc3c(C)cc(C(C)(C)C)cc3C)cnc21. The highest BCUT2D eigenvalue weighted by Gasteiger charge is 2.17. The van der Waals surface area contributed by atoms with E-state index in [1.165, 1.54) is 44.5 Å². The second kappa shape index (κ2) is 9.50. The van der Waals surface area contributed by atoms with E-state index in [2.05, 4.69) is 63.6 Å². The normalized spacial score (nSPS) is 11.7. The molecule has 0 fully saturated rings. The lowest BCUT2D eigenvalue weighted by atomic mass is 9.83. The third kappa shape index (κ3) is 5.07. The van der Waals surface area contributed by atoms with Crippen molar-refractivity contribution in [3.05, 3.63) is 67.7 Å². The molecule has 2 heterocycles. The number of nitrogens with zero attached hydrogens (tertiary/aromatic N) is 3. The molecule has 3 aromatic rings. The van der Waals surface area contributed by atoms with E-state index in [0.29, 0.717) is 27.4 Å². The summed E-state index contributed by atoms with van der Waals surface area (Å²) in [5, 5.41) is 2.93. The molecular formula is C24H30N4O2S2. The smallest absolute Gasteiger partial charge is 0.273 e. The van der Waals surface area contributed by atoms with E-state index in [-0.39, 0.29) is 23.4 Å². The van der Waals surface area contributed by atoms with E-state index in [1.54, 1.807) is 10.6 Å². The molecule has 3 rings (SSSR count). The molecule has 0 spiro atoms. The number of aromatic nitrogens is 3. The molecule has 0 radical (unpaired) electrons. The van der Waals surface area contributed by atoms with Crippen LogP contribution in [-0.2, 0) is 29.7 Å². The Morgan fingerprint density at radius 2 is 1.94 bits per heavy atom. The summed E-state index contributed by atoms with van der Waals surface area (Å²) >= 11 is 6.54. The molecule has 0 saturated carbocycles. The number of fused-ring (bicyclic) bond motifs is 1. The van der Waals surface area contributed by atoms with Gasteiger partial charge < -0.3 is 9.88 Å². The minimum atomic E-state index is -0.256. The number of rotatable bonds is 7. The van der Waals surface area contributed by atoms with Crippen LogP contribution in [0.25, 0.3) is 10.3 Å². The second-order valence-corrected chi connectivity index (χ2v) is 10.7. The molecule has 0 unspecified atom stereocenters.